The Morgan fingerprint density at radius 1 is 0.854 bits per heavy atom. The summed E-state index contributed by atoms with van der Waals surface area (Å²) in [7, 11) is -4.25. The molecule has 0 aliphatic carbocycles. The summed E-state index contributed by atoms with van der Waals surface area (Å²) in [5.74, 6) is -0.985. The Kier molecular flexibility index (Phi) is 11.8. The van der Waals surface area contributed by atoms with Crippen molar-refractivity contribution in [3.05, 3.63) is 92.4 Å². The highest BCUT2D eigenvalue weighted by molar-refractivity contribution is 7.92. The summed E-state index contributed by atoms with van der Waals surface area (Å²) < 4.78 is 28.7. The Morgan fingerprint density at radius 2 is 1.49 bits per heavy atom. The zero-order chi connectivity index (χ0) is 30.3. The van der Waals surface area contributed by atoms with Gasteiger partial charge in [-0.25, -0.2) is 8.42 Å². The van der Waals surface area contributed by atoms with Crippen molar-refractivity contribution in [1.82, 2.24) is 10.2 Å². The molecule has 0 saturated heterocycles. The predicted octanol–water partition coefficient (Wildman–Crippen LogP) is 7.22. The van der Waals surface area contributed by atoms with Crippen LogP contribution in [0.15, 0.2) is 71.6 Å². The predicted molar refractivity (Wildman–Crippen MR) is 166 cm³/mol. The fraction of sp³-hybridized carbons (Fsp3) is 0.310. The van der Waals surface area contributed by atoms with Crippen LogP contribution in [0.1, 0.15) is 39.2 Å². The number of anilines is 1. The number of nitrogens with one attached hydrogen (secondary N) is 1. The van der Waals surface area contributed by atoms with Crippen LogP contribution in [0.25, 0.3) is 0 Å². The average molecular weight is 659 g/mol. The molecule has 2 amide bonds. The lowest BCUT2D eigenvalue weighted by Crippen LogP contribution is -2.53. The molecule has 0 spiro atoms. The van der Waals surface area contributed by atoms with Gasteiger partial charge in [-0.2, -0.15) is 0 Å². The molecule has 220 valence electrons. The van der Waals surface area contributed by atoms with E-state index < -0.39 is 28.5 Å². The minimum atomic E-state index is -4.25. The number of hydrogen-bond donors (Lipinski definition) is 1. The van der Waals surface area contributed by atoms with Crippen molar-refractivity contribution in [1.29, 1.82) is 0 Å². The zero-order valence-electron chi connectivity index (χ0n) is 22.8. The molecular formula is C29H31Cl4N3O4S. The molecule has 1 N–H and O–H groups in total. The second kappa shape index (κ2) is 14.6. The topological polar surface area (TPSA) is 86.8 Å². The molecule has 0 radical (unpaired) electrons. The van der Waals surface area contributed by atoms with Crippen LogP contribution in [0, 0.1) is 0 Å². The number of halogens is 4. The SMILES string of the molecule is CC[C@H](C(=O)N[C@@H](C)CC)N(Cc1ccc(Cl)cc1Cl)C(=O)CN(c1cc(Cl)cc(Cl)c1)S(=O)(=O)c1ccccc1. The number of sulfonamides is 1. The van der Waals surface area contributed by atoms with Crippen molar-refractivity contribution in [2.24, 2.45) is 0 Å². The molecule has 2 atom stereocenters. The Bertz CT molecular complexity index is 1470. The number of hydrogen-bond acceptors (Lipinski definition) is 4. The van der Waals surface area contributed by atoms with Gasteiger partial charge in [-0.05, 0) is 67.8 Å². The van der Waals surface area contributed by atoms with Crippen molar-refractivity contribution >= 4 is 73.9 Å². The van der Waals surface area contributed by atoms with E-state index in [1.54, 1.807) is 43.3 Å². The highest BCUT2D eigenvalue weighted by atomic mass is 35.5. The van der Waals surface area contributed by atoms with Gasteiger partial charge in [0.15, 0.2) is 0 Å². The maximum absolute atomic E-state index is 14.1. The first-order valence-corrected chi connectivity index (χ1v) is 15.9. The van der Waals surface area contributed by atoms with Crippen LogP contribution in [0.2, 0.25) is 20.1 Å². The standard InChI is InChI=1S/C29H31Cl4N3O4S/c1-4-19(3)34-29(38)27(5-2)35(17-20-11-12-21(30)16-26(20)33)28(37)18-36(24-14-22(31)13-23(32)15-24)41(39,40)25-9-7-6-8-10-25/h6-16,19,27H,4-5,17-18H2,1-3H3,(H,34,38)/t19-,27+/m0/s1. The van der Waals surface area contributed by atoms with Crippen molar-refractivity contribution in [2.45, 2.75) is 57.1 Å². The lowest BCUT2D eigenvalue weighted by molar-refractivity contribution is -0.140. The normalized spacial score (nSPS) is 12.9. The van der Waals surface area contributed by atoms with Gasteiger partial charge in [-0.15, -0.1) is 0 Å². The van der Waals surface area contributed by atoms with Gasteiger partial charge >= 0.3 is 0 Å². The molecule has 3 aromatic rings. The molecule has 0 aliphatic heterocycles. The molecule has 0 aromatic heterocycles. The minimum Gasteiger partial charge on any atom is -0.352 e. The molecule has 0 fully saturated rings. The van der Waals surface area contributed by atoms with Gasteiger partial charge in [-0.1, -0.05) is 84.5 Å². The molecule has 0 aliphatic rings. The molecular weight excluding hydrogens is 628 g/mol. The van der Waals surface area contributed by atoms with E-state index in [0.29, 0.717) is 22.0 Å². The highest BCUT2D eigenvalue weighted by Gasteiger charge is 2.34. The lowest BCUT2D eigenvalue weighted by Gasteiger charge is -2.34. The minimum absolute atomic E-state index is 0.0299. The third kappa shape index (κ3) is 8.52. The summed E-state index contributed by atoms with van der Waals surface area (Å²) in [5, 5.41) is 4.03. The van der Waals surface area contributed by atoms with Crippen LogP contribution < -0.4 is 9.62 Å². The van der Waals surface area contributed by atoms with Crippen molar-refractivity contribution in [3.63, 3.8) is 0 Å². The Labute approximate surface area is 261 Å². The third-order valence-corrected chi connectivity index (χ3v) is 9.30. The van der Waals surface area contributed by atoms with Gasteiger partial charge in [-0.3, -0.25) is 13.9 Å². The van der Waals surface area contributed by atoms with Gasteiger partial charge in [0.2, 0.25) is 11.8 Å². The maximum Gasteiger partial charge on any atom is 0.264 e. The summed E-state index contributed by atoms with van der Waals surface area (Å²) in [5.41, 5.74) is 0.642. The smallest absolute Gasteiger partial charge is 0.264 e. The second-order valence-corrected chi connectivity index (χ2v) is 13.0. The molecule has 0 heterocycles. The van der Waals surface area contributed by atoms with Crippen molar-refractivity contribution in [3.8, 4) is 0 Å². The molecule has 0 unspecified atom stereocenters. The van der Waals surface area contributed by atoms with E-state index in [4.69, 9.17) is 46.4 Å². The molecule has 41 heavy (non-hydrogen) atoms. The van der Waals surface area contributed by atoms with E-state index in [-0.39, 0.29) is 45.5 Å². The lowest BCUT2D eigenvalue weighted by atomic mass is 10.1. The van der Waals surface area contributed by atoms with Crippen LogP contribution in [-0.2, 0) is 26.2 Å². The summed E-state index contributed by atoms with van der Waals surface area (Å²) in [4.78, 5) is 28.8. The number of benzene rings is 3. The number of rotatable bonds is 12. The van der Waals surface area contributed by atoms with Gasteiger partial charge in [0.25, 0.3) is 10.0 Å². The molecule has 0 saturated carbocycles. The van der Waals surface area contributed by atoms with E-state index in [9.17, 15) is 18.0 Å². The number of carbonyl (C=O) groups is 2. The van der Waals surface area contributed by atoms with Gasteiger partial charge < -0.3 is 10.2 Å². The van der Waals surface area contributed by atoms with Crippen molar-refractivity contribution < 1.29 is 18.0 Å². The van der Waals surface area contributed by atoms with Gasteiger partial charge in [0, 0.05) is 32.7 Å². The monoisotopic (exact) mass is 657 g/mol. The number of carbonyl (C=O) groups excluding carboxylic acids is 2. The molecule has 0 bridgehead atoms. The van der Waals surface area contributed by atoms with Crippen LogP contribution in [0.3, 0.4) is 0 Å². The number of nitrogens with zero attached hydrogens (tertiary/aromatic N) is 2. The quantitative estimate of drug-likeness (QED) is 0.223. The Morgan fingerprint density at radius 3 is 2.05 bits per heavy atom. The molecule has 12 heteroatoms. The largest absolute Gasteiger partial charge is 0.352 e. The van der Waals surface area contributed by atoms with Crippen LogP contribution in [0.4, 0.5) is 5.69 Å². The van der Waals surface area contributed by atoms with Crippen LogP contribution >= 0.6 is 46.4 Å². The summed E-state index contributed by atoms with van der Waals surface area (Å²) in [6, 6.07) is 15.8. The van der Waals surface area contributed by atoms with E-state index >= 15 is 0 Å². The fourth-order valence-electron chi connectivity index (χ4n) is 4.13. The van der Waals surface area contributed by atoms with Crippen molar-refractivity contribution in [2.75, 3.05) is 10.8 Å². The Hall–Kier alpha value is -2.49. The summed E-state index contributed by atoms with van der Waals surface area (Å²) >= 11 is 25.0. The molecule has 3 rings (SSSR count). The Balaban J connectivity index is 2.10. The summed E-state index contributed by atoms with van der Waals surface area (Å²) in [6.07, 6.45) is 0.964. The van der Waals surface area contributed by atoms with E-state index in [0.717, 1.165) is 4.31 Å². The van der Waals surface area contributed by atoms with E-state index in [1.807, 2.05) is 13.8 Å². The van der Waals surface area contributed by atoms with Gasteiger partial charge in [0.1, 0.15) is 12.6 Å². The maximum atomic E-state index is 14.1. The fourth-order valence-corrected chi connectivity index (χ4v) is 6.53. The highest BCUT2D eigenvalue weighted by Crippen LogP contribution is 2.31. The molecule has 3 aromatic carbocycles. The van der Waals surface area contributed by atoms with E-state index in [2.05, 4.69) is 5.32 Å². The molecule has 7 nitrogen and oxygen atoms in total. The third-order valence-electron chi connectivity index (χ3n) is 6.49. The first kappa shape index (κ1) is 33.0. The zero-order valence-corrected chi connectivity index (χ0v) is 26.6. The first-order valence-electron chi connectivity index (χ1n) is 12.9. The number of amides is 2. The second-order valence-electron chi connectivity index (χ2n) is 9.45. The summed E-state index contributed by atoms with van der Waals surface area (Å²) in [6.45, 7) is 4.89. The van der Waals surface area contributed by atoms with Gasteiger partial charge in [0.05, 0.1) is 10.6 Å². The van der Waals surface area contributed by atoms with Crippen LogP contribution in [0.5, 0.6) is 0 Å². The first-order chi connectivity index (χ1) is 19.4. The van der Waals surface area contributed by atoms with E-state index in [1.165, 1.54) is 35.2 Å². The average Bonchev–Trinajstić information content (AvgIpc) is 2.92. The van der Waals surface area contributed by atoms with Crippen LogP contribution in [-0.4, -0.2) is 43.8 Å².